The molecule has 162 valence electrons. The van der Waals surface area contributed by atoms with Gasteiger partial charge in [0.15, 0.2) is 0 Å². The average Bonchev–Trinajstić information content (AvgIpc) is 3.26. The number of amides is 1. The summed E-state index contributed by atoms with van der Waals surface area (Å²) in [4.78, 5) is 27.3. The summed E-state index contributed by atoms with van der Waals surface area (Å²) in [5.74, 6) is 5.91. The number of nitrogen functional groups attached to an aromatic ring is 1. The largest absolute Gasteiger partial charge is 0.341 e. The maximum atomic E-state index is 11.8. The minimum atomic E-state index is -0.291. The molecule has 0 saturated heterocycles. The molecule has 2 heterocycles. The Balaban J connectivity index is 1.46. The van der Waals surface area contributed by atoms with E-state index in [0.29, 0.717) is 12.1 Å². The van der Waals surface area contributed by atoms with Crippen molar-refractivity contribution in [3.05, 3.63) is 95.1 Å². The van der Waals surface area contributed by atoms with E-state index >= 15 is 0 Å². The zero-order chi connectivity index (χ0) is 21.9. The van der Waals surface area contributed by atoms with E-state index in [1.54, 1.807) is 0 Å². The molecule has 1 unspecified atom stereocenters. The highest BCUT2D eigenvalue weighted by atomic mass is 16.2. The first-order valence-corrected chi connectivity index (χ1v) is 10.9. The average molecular weight is 427 g/mol. The molecule has 4 N–H and O–H groups in total. The molecule has 0 aliphatic heterocycles. The Morgan fingerprint density at radius 3 is 2.75 bits per heavy atom. The van der Waals surface area contributed by atoms with Gasteiger partial charge in [-0.25, -0.2) is 10.8 Å². The van der Waals surface area contributed by atoms with Crippen LogP contribution in [0.4, 0.5) is 0 Å². The zero-order valence-electron chi connectivity index (χ0n) is 17.8. The molecule has 7 nitrogen and oxygen atoms in total. The summed E-state index contributed by atoms with van der Waals surface area (Å²) in [6.45, 7) is 1.41. The lowest BCUT2D eigenvalue weighted by molar-refractivity contribution is 0.0953. The summed E-state index contributed by atoms with van der Waals surface area (Å²) >= 11 is 0. The fraction of sp³-hybridized carbons (Fsp3) is 0.240. The number of H-pyrrole nitrogens is 1. The van der Waals surface area contributed by atoms with Gasteiger partial charge in [0.25, 0.3) is 5.91 Å². The van der Waals surface area contributed by atoms with E-state index in [-0.39, 0.29) is 11.9 Å². The van der Waals surface area contributed by atoms with Crippen LogP contribution in [-0.4, -0.2) is 25.8 Å². The number of hydrazine groups is 1. The van der Waals surface area contributed by atoms with Gasteiger partial charge in [-0.1, -0.05) is 30.3 Å². The Kier molecular flexibility index (Phi) is 5.66. The molecular formula is C25H26N6O. The molecule has 5 rings (SSSR count). The van der Waals surface area contributed by atoms with Crippen molar-refractivity contribution in [3.63, 3.8) is 0 Å². The van der Waals surface area contributed by atoms with Crippen molar-refractivity contribution in [2.24, 2.45) is 5.84 Å². The monoisotopic (exact) mass is 426 g/mol. The van der Waals surface area contributed by atoms with Crippen LogP contribution < -0.4 is 11.3 Å². The van der Waals surface area contributed by atoms with Gasteiger partial charge in [-0.2, -0.15) is 0 Å². The third-order valence-electron chi connectivity index (χ3n) is 6.13. The minimum absolute atomic E-state index is 0.208. The number of carbonyl (C=O) groups excluding carboxylic acids is 1. The van der Waals surface area contributed by atoms with Crippen LogP contribution in [-0.2, 0) is 19.5 Å². The first kappa shape index (κ1) is 20.4. The summed E-state index contributed by atoms with van der Waals surface area (Å²) in [6, 6.07) is 20.1. The number of nitrogens with two attached hydrogens (primary N) is 1. The number of nitrogens with one attached hydrogen (secondary N) is 2. The van der Waals surface area contributed by atoms with Crippen LogP contribution in [0.3, 0.4) is 0 Å². The molecule has 0 radical (unpaired) electrons. The Morgan fingerprint density at radius 2 is 1.94 bits per heavy atom. The molecule has 4 aromatic rings. The van der Waals surface area contributed by atoms with Crippen molar-refractivity contribution >= 4 is 16.9 Å². The SMILES string of the molecule is NNC(=O)c1ccc(CN(Cc2nc3ccccc3[nH]2)C2CCCc3cccnc32)cc1. The number of para-hydroxylation sites is 2. The summed E-state index contributed by atoms with van der Waals surface area (Å²) in [6.07, 6.45) is 5.14. The number of aromatic nitrogens is 3. The summed E-state index contributed by atoms with van der Waals surface area (Å²) in [5, 5.41) is 0. The first-order valence-electron chi connectivity index (χ1n) is 10.9. The Hall–Kier alpha value is -3.55. The van der Waals surface area contributed by atoms with Crippen molar-refractivity contribution in [1.82, 2.24) is 25.3 Å². The molecule has 0 fully saturated rings. The van der Waals surface area contributed by atoms with Crippen LogP contribution in [0.1, 0.15) is 51.9 Å². The number of pyridine rings is 1. The molecule has 32 heavy (non-hydrogen) atoms. The van der Waals surface area contributed by atoms with Crippen LogP contribution in [0.25, 0.3) is 11.0 Å². The number of hydrogen-bond acceptors (Lipinski definition) is 5. The van der Waals surface area contributed by atoms with E-state index in [1.807, 2.05) is 54.7 Å². The molecule has 1 aliphatic rings. The topological polar surface area (TPSA) is 99.9 Å². The molecule has 1 atom stereocenters. The van der Waals surface area contributed by atoms with Crippen molar-refractivity contribution in [1.29, 1.82) is 0 Å². The molecule has 1 amide bonds. The number of hydrogen-bond donors (Lipinski definition) is 3. The standard InChI is InChI=1S/C25H26N6O/c26-30-25(32)19-12-10-17(11-13-19)15-31(16-23-28-20-7-1-2-8-21(20)29-23)22-9-3-5-18-6-4-14-27-24(18)22/h1-2,4,6-8,10-14,22H,3,5,9,15-16,26H2,(H,28,29)(H,30,32). The minimum Gasteiger partial charge on any atom is -0.341 e. The zero-order valence-corrected chi connectivity index (χ0v) is 17.8. The van der Waals surface area contributed by atoms with Crippen LogP contribution in [0.2, 0.25) is 0 Å². The highest BCUT2D eigenvalue weighted by Gasteiger charge is 2.28. The van der Waals surface area contributed by atoms with E-state index in [4.69, 9.17) is 15.8 Å². The third kappa shape index (κ3) is 4.12. The van der Waals surface area contributed by atoms with Gasteiger partial charge in [-0.15, -0.1) is 0 Å². The number of benzene rings is 2. The molecular weight excluding hydrogens is 400 g/mol. The Morgan fingerprint density at radius 1 is 1.09 bits per heavy atom. The second-order valence-corrected chi connectivity index (χ2v) is 8.23. The fourth-order valence-electron chi connectivity index (χ4n) is 4.57. The maximum absolute atomic E-state index is 11.8. The van der Waals surface area contributed by atoms with Crippen molar-refractivity contribution in [2.45, 2.75) is 38.4 Å². The van der Waals surface area contributed by atoms with Gasteiger partial charge < -0.3 is 4.98 Å². The number of aryl methyl sites for hydroxylation is 1. The lowest BCUT2D eigenvalue weighted by Gasteiger charge is -2.34. The first-order chi connectivity index (χ1) is 15.7. The second-order valence-electron chi connectivity index (χ2n) is 8.23. The summed E-state index contributed by atoms with van der Waals surface area (Å²) < 4.78 is 0. The van der Waals surface area contributed by atoms with Crippen molar-refractivity contribution in [3.8, 4) is 0 Å². The van der Waals surface area contributed by atoms with Crippen molar-refractivity contribution < 1.29 is 4.79 Å². The third-order valence-corrected chi connectivity index (χ3v) is 6.13. The van der Waals surface area contributed by atoms with Gasteiger partial charge >= 0.3 is 0 Å². The van der Waals surface area contributed by atoms with Gasteiger partial charge in [0.05, 0.1) is 29.3 Å². The molecule has 2 aromatic heterocycles. The summed E-state index contributed by atoms with van der Waals surface area (Å²) in [5.41, 5.74) is 8.35. The van der Waals surface area contributed by atoms with Crippen LogP contribution >= 0.6 is 0 Å². The van der Waals surface area contributed by atoms with E-state index in [0.717, 1.165) is 53.9 Å². The predicted octanol–water partition coefficient (Wildman–Crippen LogP) is 3.64. The predicted molar refractivity (Wildman–Crippen MR) is 123 cm³/mol. The molecule has 1 aliphatic carbocycles. The van der Waals surface area contributed by atoms with Gasteiger partial charge in [-0.3, -0.25) is 20.1 Å². The second kappa shape index (κ2) is 8.90. The highest BCUT2D eigenvalue weighted by molar-refractivity contribution is 5.93. The van der Waals surface area contributed by atoms with E-state index in [1.165, 1.54) is 5.56 Å². The van der Waals surface area contributed by atoms with Gasteiger partial charge in [-0.05, 0) is 60.7 Å². The maximum Gasteiger partial charge on any atom is 0.265 e. The van der Waals surface area contributed by atoms with Gasteiger partial charge in [0.2, 0.25) is 0 Å². The van der Waals surface area contributed by atoms with E-state index in [9.17, 15) is 4.79 Å². The quantitative estimate of drug-likeness (QED) is 0.248. The van der Waals surface area contributed by atoms with Gasteiger partial charge in [0, 0.05) is 18.3 Å². The molecule has 0 spiro atoms. The number of fused-ring (bicyclic) bond motifs is 2. The Bertz CT molecular complexity index is 1200. The smallest absolute Gasteiger partial charge is 0.265 e. The normalized spacial score (nSPS) is 15.6. The molecule has 7 heteroatoms. The fourth-order valence-corrected chi connectivity index (χ4v) is 4.57. The highest BCUT2D eigenvalue weighted by Crippen LogP contribution is 2.34. The van der Waals surface area contributed by atoms with Crippen molar-refractivity contribution in [2.75, 3.05) is 0 Å². The van der Waals surface area contributed by atoms with Crippen LogP contribution in [0.5, 0.6) is 0 Å². The number of imidazole rings is 1. The summed E-state index contributed by atoms with van der Waals surface area (Å²) in [7, 11) is 0. The van der Waals surface area contributed by atoms with E-state index < -0.39 is 0 Å². The number of aromatic amines is 1. The molecule has 2 aromatic carbocycles. The molecule has 0 bridgehead atoms. The van der Waals surface area contributed by atoms with Crippen LogP contribution in [0, 0.1) is 0 Å². The lowest BCUT2D eigenvalue weighted by atomic mass is 9.90. The number of rotatable bonds is 6. The van der Waals surface area contributed by atoms with Crippen LogP contribution in [0.15, 0.2) is 66.9 Å². The van der Waals surface area contributed by atoms with Gasteiger partial charge in [0.1, 0.15) is 5.82 Å². The molecule has 0 saturated carbocycles. The Labute approximate surface area is 186 Å². The van der Waals surface area contributed by atoms with E-state index in [2.05, 4.69) is 27.4 Å². The lowest BCUT2D eigenvalue weighted by Crippen LogP contribution is -2.32. The number of nitrogens with zero attached hydrogens (tertiary/aromatic N) is 3. The number of carbonyl (C=O) groups is 1.